The number of phenolic OH excluding ortho intramolecular Hbond substituents is 1. The molecule has 0 aromatic heterocycles. The number of aromatic hydroxyl groups is 1. The van der Waals surface area contributed by atoms with Crippen LogP contribution >= 0.6 is 0 Å². The zero-order valence-corrected chi connectivity index (χ0v) is 18.4. The van der Waals surface area contributed by atoms with E-state index in [0.717, 1.165) is 0 Å². The second-order valence-electron chi connectivity index (χ2n) is 7.81. The van der Waals surface area contributed by atoms with Gasteiger partial charge < -0.3 is 15.2 Å². The lowest BCUT2D eigenvalue weighted by Crippen LogP contribution is -2.26. The lowest BCUT2D eigenvalue weighted by Gasteiger charge is -2.14. The van der Waals surface area contributed by atoms with Crippen molar-refractivity contribution in [3.63, 3.8) is 0 Å². The third kappa shape index (κ3) is 4.91. The monoisotopic (exact) mass is 439 g/mol. The van der Waals surface area contributed by atoms with Crippen LogP contribution in [0.15, 0.2) is 66.7 Å². The molecule has 166 valence electrons. The summed E-state index contributed by atoms with van der Waals surface area (Å²) in [7, 11) is 0. The van der Waals surface area contributed by atoms with E-state index in [1.165, 1.54) is 28.3 Å². The van der Waals surface area contributed by atoms with Crippen molar-refractivity contribution in [1.82, 2.24) is 5.32 Å². The zero-order chi connectivity index (χ0) is 23.2. The Kier molecular flexibility index (Phi) is 6.75. The van der Waals surface area contributed by atoms with Crippen LogP contribution in [-0.4, -0.2) is 30.1 Å². The van der Waals surface area contributed by atoms with Gasteiger partial charge in [-0.05, 0) is 40.5 Å². The van der Waals surface area contributed by atoms with Gasteiger partial charge in [0, 0.05) is 30.9 Å². The highest BCUT2D eigenvalue weighted by Crippen LogP contribution is 2.44. The van der Waals surface area contributed by atoms with Crippen molar-refractivity contribution in [3.05, 3.63) is 89.0 Å². The number of fused-ring (bicyclic) bond motifs is 3. The normalized spacial score (nSPS) is 11.7. The zero-order valence-electron chi connectivity index (χ0n) is 18.4. The fraction of sp³-hybridized carbons (Fsp3) is 0.214. The molecule has 0 saturated carbocycles. The van der Waals surface area contributed by atoms with Crippen LogP contribution in [0, 0.1) is 11.8 Å². The summed E-state index contributed by atoms with van der Waals surface area (Å²) in [6, 6.07) is 21.1. The van der Waals surface area contributed by atoms with E-state index in [1.54, 1.807) is 19.1 Å². The molecule has 0 atom stereocenters. The second-order valence-corrected chi connectivity index (χ2v) is 7.81. The van der Waals surface area contributed by atoms with Gasteiger partial charge in [-0.1, -0.05) is 67.3 Å². The Morgan fingerprint density at radius 2 is 1.67 bits per heavy atom. The summed E-state index contributed by atoms with van der Waals surface area (Å²) in [6.07, 6.45) is 0.274. The molecule has 3 aromatic rings. The van der Waals surface area contributed by atoms with Gasteiger partial charge in [-0.2, -0.15) is 0 Å². The van der Waals surface area contributed by atoms with E-state index < -0.39 is 6.09 Å². The lowest BCUT2D eigenvalue weighted by molar-refractivity contribution is 0.0985. The van der Waals surface area contributed by atoms with Crippen molar-refractivity contribution in [2.75, 3.05) is 13.2 Å². The average molecular weight is 440 g/mol. The minimum absolute atomic E-state index is 0.0254. The van der Waals surface area contributed by atoms with Gasteiger partial charge in [0.25, 0.3) is 0 Å². The largest absolute Gasteiger partial charge is 0.507 e. The number of Topliss-reactive ketones (excluding diaryl/α,β-unsaturated/α-hetero) is 1. The molecule has 0 fully saturated rings. The van der Waals surface area contributed by atoms with Gasteiger partial charge in [0.15, 0.2) is 5.78 Å². The van der Waals surface area contributed by atoms with Crippen LogP contribution in [0.4, 0.5) is 4.79 Å². The van der Waals surface area contributed by atoms with Crippen molar-refractivity contribution in [2.24, 2.45) is 0 Å². The molecule has 33 heavy (non-hydrogen) atoms. The maximum Gasteiger partial charge on any atom is 0.407 e. The molecule has 0 bridgehead atoms. The number of hydrogen-bond acceptors (Lipinski definition) is 4. The van der Waals surface area contributed by atoms with Crippen LogP contribution in [0.1, 0.15) is 52.7 Å². The molecule has 4 rings (SSSR count). The maximum absolute atomic E-state index is 12.2. The van der Waals surface area contributed by atoms with Crippen LogP contribution in [0.25, 0.3) is 11.1 Å². The lowest BCUT2D eigenvalue weighted by atomic mass is 9.98. The predicted octanol–water partition coefficient (Wildman–Crippen LogP) is 5.27. The molecule has 1 amide bonds. The maximum atomic E-state index is 12.2. The summed E-state index contributed by atoms with van der Waals surface area (Å²) in [5.41, 5.74) is 5.65. The third-order valence-corrected chi connectivity index (χ3v) is 5.71. The Hall–Kier alpha value is -4.04. The summed E-state index contributed by atoms with van der Waals surface area (Å²) in [5.74, 6) is 5.79. The van der Waals surface area contributed by atoms with E-state index in [2.05, 4.69) is 41.4 Å². The summed E-state index contributed by atoms with van der Waals surface area (Å²) < 4.78 is 5.51. The van der Waals surface area contributed by atoms with Gasteiger partial charge in [0.05, 0.1) is 5.56 Å². The highest BCUT2D eigenvalue weighted by Gasteiger charge is 2.28. The van der Waals surface area contributed by atoms with Gasteiger partial charge >= 0.3 is 6.09 Å². The van der Waals surface area contributed by atoms with Crippen molar-refractivity contribution >= 4 is 11.9 Å². The Labute approximate surface area is 193 Å². The Bertz CT molecular complexity index is 1210. The van der Waals surface area contributed by atoms with Crippen LogP contribution in [-0.2, 0) is 4.74 Å². The minimum atomic E-state index is -0.473. The topological polar surface area (TPSA) is 75.6 Å². The molecule has 0 radical (unpaired) electrons. The highest BCUT2D eigenvalue weighted by molar-refractivity contribution is 5.98. The predicted molar refractivity (Wildman–Crippen MR) is 127 cm³/mol. The average Bonchev–Trinajstić information content (AvgIpc) is 3.16. The van der Waals surface area contributed by atoms with E-state index in [0.29, 0.717) is 24.9 Å². The van der Waals surface area contributed by atoms with E-state index in [4.69, 9.17) is 4.74 Å². The number of alkyl carbamates (subject to hydrolysis) is 1. The first-order chi connectivity index (χ1) is 16.1. The Morgan fingerprint density at radius 1 is 1.00 bits per heavy atom. The number of carbonyl (C=O) groups excluding carboxylic acids is 2. The standard InChI is InChI=1S/C28H25NO4/c1-2-26(30)24-17-19(14-15-27(24)31)9-7-8-16-29-28(32)33-18-25-22-12-5-3-10-20(22)21-11-4-6-13-23(21)25/h3-6,10-15,17,25,31H,2,8,16,18H2,1H3,(H,29,32). The fourth-order valence-electron chi connectivity index (χ4n) is 4.07. The number of benzene rings is 3. The molecule has 0 spiro atoms. The SMILES string of the molecule is CCC(=O)c1cc(C#CCCNC(=O)OCC2c3ccccc3-c3ccccc32)ccc1O. The number of nitrogens with one attached hydrogen (secondary N) is 1. The molecular weight excluding hydrogens is 414 g/mol. The first-order valence-electron chi connectivity index (χ1n) is 11.0. The van der Waals surface area contributed by atoms with Crippen molar-refractivity contribution < 1.29 is 19.4 Å². The van der Waals surface area contributed by atoms with Gasteiger partial charge in [0.2, 0.25) is 0 Å². The number of hydrogen-bond donors (Lipinski definition) is 2. The van der Waals surface area contributed by atoms with Gasteiger partial charge in [-0.15, -0.1) is 0 Å². The van der Waals surface area contributed by atoms with E-state index in [9.17, 15) is 14.7 Å². The van der Waals surface area contributed by atoms with Crippen LogP contribution in [0.2, 0.25) is 0 Å². The molecule has 0 saturated heterocycles. The molecule has 0 aliphatic heterocycles. The summed E-state index contributed by atoms with van der Waals surface area (Å²) in [5, 5.41) is 12.5. The number of carbonyl (C=O) groups is 2. The number of rotatable bonds is 6. The molecular formula is C28H25NO4. The molecule has 1 aliphatic rings. The molecule has 5 nitrogen and oxygen atoms in total. The van der Waals surface area contributed by atoms with Gasteiger partial charge in [-0.3, -0.25) is 4.79 Å². The quantitative estimate of drug-likeness (QED) is 0.312. The van der Waals surface area contributed by atoms with Crippen LogP contribution < -0.4 is 5.32 Å². The smallest absolute Gasteiger partial charge is 0.407 e. The first kappa shape index (κ1) is 22.2. The molecule has 0 heterocycles. The van der Waals surface area contributed by atoms with E-state index >= 15 is 0 Å². The first-order valence-corrected chi connectivity index (χ1v) is 11.0. The van der Waals surface area contributed by atoms with Crippen molar-refractivity contribution in [2.45, 2.75) is 25.7 Å². The van der Waals surface area contributed by atoms with Crippen LogP contribution in [0.5, 0.6) is 5.75 Å². The fourth-order valence-corrected chi connectivity index (χ4v) is 4.07. The van der Waals surface area contributed by atoms with Gasteiger partial charge in [-0.25, -0.2) is 4.79 Å². The van der Waals surface area contributed by atoms with Gasteiger partial charge in [0.1, 0.15) is 12.4 Å². The molecule has 3 aromatic carbocycles. The number of ether oxygens (including phenoxy) is 1. The van der Waals surface area contributed by atoms with E-state index in [1.807, 2.05) is 24.3 Å². The summed E-state index contributed by atoms with van der Waals surface area (Å²) >= 11 is 0. The third-order valence-electron chi connectivity index (χ3n) is 5.71. The number of ketones is 1. The second kappa shape index (κ2) is 10.1. The molecule has 5 heteroatoms. The van der Waals surface area contributed by atoms with Crippen molar-refractivity contribution in [1.29, 1.82) is 0 Å². The van der Waals surface area contributed by atoms with Crippen molar-refractivity contribution in [3.8, 4) is 28.7 Å². The molecule has 0 unspecified atom stereocenters. The van der Waals surface area contributed by atoms with E-state index in [-0.39, 0.29) is 29.6 Å². The number of phenols is 1. The minimum Gasteiger partial charge on any atom is -0.507 e. The molecule has 1 aliphatic carbocycles. The Morgan fingerprint density at radius 3 is 2.33 bits per heavy atom. The highest BCUT2D eigenvalue weighted by atomic mass is 16.5. The summed E-state index contributed by atoms with van der Waals surface area (Å²) in [4.78, 5) is 24.1. The number of amides is 1. The summed E-state index contributed by atoms with van der Waals surface area (Å²) in [6.45, 7) is 2.37. The molecule has 2 N–H and O–H groups in total. The Balaban J connectivity index is 1.28. The van der Waals surface area contributed by atoms with Crippen LogP contribution in [0.3, 0.4) is 0 Å².